The SMILES string of the molecule is CC(=O)c1ncn2cc(C3=C(C(=O)O)N4C(=O)C[C@@H]4[C@@]3(C)[C@@H](C)O)sc12. The molecule has 0 unspecified atom stereocenters. The number of β-lactam (4-membered cyclic amide) rings is 1. The molecule has 0 spiro atoms. The van der Waals surface area contributed by atoms with Crippen LogP contribution >= 0.6 is 11.3 Å². The van der Waals surface area contributed by atoms with Crippen molar-refractivity contribution in [1.82, 2.24) is 14.3 Å². The standard InChI is InChI=1S/C17H17N3O5S/c1-7(21)13-15-19(6-18-13)5-9(26-15)12-14(16(24)25)20-10(4-11(20)23)17(12,3)8(2)22/h5-6,8,10,22H,4H2,1-3H3,(H,24,25)/t8-,10-,17-/m1/s1. The molecule has 1 fully saturated rings. The third kappa shape index (κ3) is 1.92. The van der Waals surface area contributed by atoms with Crippen molar-refractivity contribution in [2.24, 2.45) is 5.41 Å². The van der Waals surface area contributed by atoms with Gasteiger partial charge in [-0.05, 0) is 6.92 Å². The predicted octanol–water partition coefficient (Wildman–Crippen LogP) is 1.40. The molecule has 2 aliphatic heterocycles. The largest absolute Gasteiger partial charge is 0.477 e. The summed E-state index contributed by atoms with van der Waals surface area (Å²) in [6, 6.07) is -0.386. The quantitative estimate of drug-likeness (QED) is 0.617. The number of aliphatic carboxylic acids is 1. The fraction of sp³-hybridized carbons (Fsp3) is 0.412. The maximum atomic E-state index is 12.1. The predicted molar refractivity (Wildman–Crippen MR) is 92.7 cm³/mol. The molecule has 3 atom stereocenters. The Bertz CT molecular complexity index is 1020. The highest BCUT2D eigenvalue weighted by Crippen LogP contribution is 2.57. The number of ketones is 1. The molecular formula is C17H17N3O5S. The van der Waals surface area contributed by atoms with Crippen LogP contribution in [0.2, 0.25) is 0 Å². The van der Waals surface area contributed by atoms with E-state index in [9.17, 15) is 24.6 Å². The number of nitrogens with zero attached hydrogens (tertiary/aromatic N) is 3. The smallest absolute Gasteiger partial charge is 0.352 e. The number of hydrogen-bond donors (Lipinski definition) is 2. The molecule has 2 aromatic rings. The summed E-state index contributed by atoms with van der Waals surface area (Å²) in [5, 5.41) is 20.3. The van der Waals surface area contributed by atoms with Gasteiger partial charge in [0, 0.05) is 30.5 Å². The number of aromatic nitrogens is 2. The van der Waals surface area contributed by atoms with E-state index in [0.29, 0.717) is 21.0 Å². The van der Waals surface area contributed by atoms with E-state index in [2.05, 4.69) is 4.98 Å². The number of rotatable bonds is 4. The summed E-state index contributed by atoms with van der Waals surface area (Å²) in [7, 11) is 0. The number of Topliss-reactive ketones (excluding diaryl/α,β-unsaturated/α-hetero) is 1. The number of imidazole rings is 1. The Hall–Kier alpha value is -2.52. The van der Waals surface area contributed by atoms with Gasteiger partial charge in [-0.15, -0.1) is 11.3 Å². The van der Waals surface area contributed by atoms with Crippen LogP contribution in [0, 0.1) is 5.41 Å². The van der Waals surface area contributed by atoms with E-state index < -0.39 is 17.5 Å². The number of carboxylic acid groups (broad SMARTS) is 1. The van der Waals surface area contributed by atoms with E-state index in [1.165, 1.54) is 29.5 Å². The fourth-order valence-corrected chi connectivity index (χ4v) is 5.25. The maximum Gasteiger partial charge on any atom is 0.352 e. The van der Waals surface area contributed by atoms with Crippen LogP contribution in [0.25, 0.3) is 10.4 Å². The van der Waals surface area contributed by atoms with Gasteiger partial charge in [0.1, 0.15) is 22.5 Å². The van der Waals surface area contributed by atoms with Crippen LogP contribution in [0.15, 0.2) is 18.2 Å². The lowest BCUT2D eigenvalue weighted by Crippen LogP contribution is -2.57. The molecule has 0 aromatic carbocycles. The topological polar surface area (TPSA) is 112 Å². The van der Waals surface area contributed by atoms with Crippen molar-refractivity contribution in [3.05, 3.63) is 28.8 Å². The van der Waals surface area contributed by atoms with Crippen LogP contribution < -0.4 is 0 Å². The van der Waals surface area contributed by atoms with Crippen LogP contribution in [0.5, 0.6) is 0 Å². The van der Waals surface area contributed by atoms with Gasteiger partial charge in [0.2, 0.25) is 5.91 Å². The number of carbonyl (C=O) groups excluding carboxylic acids is 2. The average Bonchev–Trinajstić information content (AvgIpc) is 3.15. The molecule has 4 heterocycles. The zero-order valence-electron chi connectivity index (χ0n) is 14.4. The van der Waals surface area contributed by atoms with Gasteiger partial charge in [-0.1, -0.05) is 6.92 Å². The summed E-state index contributed by atoms with van der Waals surface area (Å²) < 4.78 is 1.67. The number of carboxylic acids is 1. The molecule has 2 N–H and O–H groups in total. The molecule has 1 amide bonds. The van der Waals surface area contributed by atoms with Gasteiger partial charge >= 0.3 is 5.97 Å². The highest BCUT2D eigenvalue weighted by atomic mass is 32.1. The second kappa shape index (κ2) is 5.24. The Kier molecular flexibility index (Phi) is 3.41. The van der Waals surface area contributed by atoms with E-state index in [4.69, 9.17) is 0 Å². The van der Waals surface area contributed by atoms with E-state index in [1.54, 1.807) is 24.4 Å². The first kappa shape index (κ1) is 16.9. The zero-order valence-corrected chi connectivity index (χ0v) is 15.2. The lowest BCUT2D eigenvalue weighted by atomic mass is 9.70. The second-order valence-corrected chi connectivity index (χ2v) is 7.96. The van der Waals surface area contributed by atoms with Gasteiger partial charge in [0.05, 0.1) is 17.0 Å². The van der Waals surface area contributed by atoms with Gasteiger partial charge in [0.15, 0.2) is 5.78 Å². The summed E-state index contributed by atoms with van der Waals surface area (Å²) in [6.07, 6.45) is 2.55. The first-order chi connectivity index (χ1) is 12.2. The normalized spacial score (nSPS) is 26.2. The highest BCUT2D eigenvalue weighted by Gasteiger charge is 2.62. The molecule has 2 aliphatic rings. The minimum absolute atomic E-state index is 0.0866. The average molecular weight is 375 g/mol. The summed E-state index contributed by atoms with van der Waals surface area (Å²) >= 11 is 1.24. The van der Waals surface area contributed by atoms with E-state index >= 15 is 0 Å². The summed E-state index contributed by atoms with van der Waals surface area (Å²) in [5.41, 5.74) is -0.251. The molecule has 1 saturated heterocycles. The Morgan fingerprint density at radius 2 is 2.15 bits per heavy atom. The van der Waals surface area contributed by atoms with Gasteiger partial charge in [-0.25, -0.2) is 9.78 Å². The van der Waals surface area contributed by atoms with Crippen molar-refractivity contribution in [3.8, 4) is 0 Å². The first-order valence-corrected chi connectivity index (χ1v) is 8.95. The number of hydrogen-bond acceptors (Lipinski definition) is 6. The molecular weight excluding hydrogens is 358 g/mol. The fourth-order valence-electron chi connectivity index (χ4n) is 3.96. The molecule has 2 aromatic heterocycles. The Labute approximate surface area is 152 Å². The molecule has 26 heavy (non-hydrogen) atoms. The highest BCUT2D eigenvalue weighted by molar-refractivity contribution is 7.18. The number of thiazole rings is 1. The molecule has 136 valence electrons. The van der Waals surface area contributed by atoms with Gasteiger partial charge in [0.25, 0.3) is 0 Å². The van der Waals surface area contributed by atoms with Gasteiger partial charge < -0.3 is 15.1 Å². The molecule has 4 rings (SSSR count). The molecule has 8 nitrogen and oxygen atoms in total. The number of carbonyl (C=O) groups is 3. The number of fused-ring (bicyclic) bond motifs is 2. The Morgan fingerprint density at radius 1 is 1.46 bits per heavy atom. The van der Waals surface area contributed by atoms with E-state index in [0.717, 1.165) is 0 Å². The molecule has 0 bridgehead atoms. The molecule has 0 aliphatic carbocycles. The van der Waals surface area contributed by atoms with E-state index in [1.807, 2.05) is 0 Å². The van der Waals surface area contributed by atoms with Crippen molar-refractivity contribution in [2.75, 3.05) is 0 Å². The second-order valence-electron chi connectivity index (χ2n) is 6.93. The van der Waals surface area contributed by atoms with Crippen molar-refractivity contribution in [2.45, 2.75) is 39.3 Å². The number of aliphatic hydroxyl groups excluding tert-OH is 1. The first-order valence-electron chi connectivity index (χ1n) is 8.13. The van der Waals surface area contributed by atoms with Crippen LogP contribution in [-0.2, 0) is 9.59 Å². The summed E-state index contributed by atoms with van der Waals surface area (Å²) in [6.45, 7) is 4.81. The van der Waals surface area contributed by atoms with Crippen molar-refractivity contribution in [3.63, 3.8) is 0 Å². The molecule has 0 saturated carbocycles. The van der Waals surface area contributed by atoms with Gasteiger partial charge in [-0.3, -0.25) is 14.0 Å². The molecule has 0 radical (unpaired) electrons. The monoisotopic (exact) mass is 375 g/mol. The third-order valence-corrected chi connectivity index (χ3v) is 6.65. The third-order valence-electron chi connectivity index (χ3n) is 5.52. The minimum Gasteiger partial charge on any atom is -0.477 e. The lowest BCUT2D eigenvalue weighted by molar-refractivity contribution is -0.152. The summed E-state index contributed by atoms with van der Waals surface area (Å²) in [5.74, 6) is -1.65. The van der Waals surface area contributed by atoms with Crippen LogP contribution in [0.3, 0.4) is 0 Å². The van der Waals surface area contributed by atoms with Crippen LogP contribution in [0.1, 0.15) is 42.6 Å². The van der Waals surface area contributed by atoms with Crippen molar-refractivity contribution < 1.29 is 24.6 Å². The number of amides is 1. The maximum absolute atomic E-state index is 12.1. The van der Waals surface area contributed by atoms with Crippen LogP contribution in [0.4, 0.5) is 0 Å². The van der Waals surface area contributed by atoms with Gasteiger partial charge in [-0.2, -0.15) is 0 Å². The zero-order chi connectivity index (χ0) is 19.0. The minimum atomic E-state index is -1.20. The molecule has 9 heteroatoms. The Balaban J connectivity index is 1.99. The Morgan fingerprint density at radius 3 is 2.69 bits per heavy atom. The van der Waals surface area contributed by atoms with Crippen molar-refractivity contribution >= 4 is 39.4 Å². The van der Waals surface area contributed by atoms with E-state index in [-0.39, 0.29) is 29.9 Å². The van der Waals surface area contributed by atoms with Crippen LogP contribution in [-0.4, -0.2) is 54.3 Å². The number of aliphatic hydroxyl groups is 1. The lowest BCUT2D eigenvalue weighted by Gasteiger charge is -2.45. The summed E-state index contributed by atoms with van der Waals surface area (Å²) in [4.78, 5) is 42.4. The van der Waals surface area contributed by atoms with Crippen molar-refractivity contribution in [1.29, 1.82) is 0 Å².